The molecular formula is C11H23N3. The molecule has 2 saturated heterocycles. The quantitative estimate of drug-likeness (QED) is 0.643. The van der Waals surface area contributed by atoms with Gasteiger partial charge in [-0.05, 0) is 52.5 Å². The summed E-state index contributed by atoms with van der Waals surface area (Å²) in [6.45, 7) is 7.80. The monoisotopic (exact) mass is 197 g/mol. The van der Waals surface area contributed by atoms with Gasteiger partial charge in [0.15, 0.2) is 0 Å². The van der Waals surface area contributed by atoms with E-state index in [0.717, 1.165) is 12.6 Å². The van der Waals surface area contributed by atoms with Crippen molar-refractivity contribution in [1.82, 2.24) is 15.1 Å². The fourth-order valence-electron chi connectivity index (χ4n) is 2.54. The van der Waals surface area contributed by atoms with Gasteiger partial charge in [-0.15, -0.1) is 0 Å². The molecule has 0 aromatic rings. The SMILES string of the molecule is CNCCCN1CC(N2CCCC2)C1. The molecule has 2 heterocycles. The van der Waals surface area contributed by atoms with Gasteiger partial charge in [-0.3, -0.25) is 4.90 Å². The van der Waals surface area contributed by atoms with Crippen molar-refractivity contribution in [2.45, 2.75) is 25.3 Å². The van der Waals surface area contributed by atoms with Gasteiger partial charge in [-0.25, -0.2) is 0 Å². The third kappa shape index (κ3) is 2.47. The van der Waals surface area contributed by atoms with Crippen LogP contribution in [0.25, 0.3) is 0 Å². The molecule has 0 spiro atoms. The molecule has 2 aliphatic rings. The molecule has 3 heteroatoms. The van der Waals surface area contributed by atoms with Crippen LogP contribution in [0.2, 0.25) is 0 Å². The summed E-state index contributed by atoms with van der Waals surface area (Å²) in [5.74, 6) is 0. The highest BCUT2D eigenvalue weighted by Crippen LogP contribution is 2.19. The Labute approximate surface area is 87.4 Å². The minimum absolute atomic E-state index is 0.895. The molecule has 2 fully saturated rings. The van der Waals surface area contributed by atoms with Gasteiger partial charge in [0, 0.05) is 19.1 Å². The smallest absolute Gasteiger partial charge is 0.0350 e. The molecule has 2 aliphatic heterocycles. The van der Waals surface area contributed by atoms with E-state index in [0.29, 0.717) is 0 Å². The van der Waals surface area contributed by atoms with Crippen molar-refractivity contribution in [2.24, 2.45) is 0 Å². The van der Waals surface area contributed by atoms with E-state index in [-0.39, 0.29) is 0 Å². The Balaban J connectivity index is 1.55. The molecule has 2 rings (SSSR count). The highest BCUT2D eigenvalue weighted by Gasteiger charge is 2.32. The van der Waals surface area contributed by atoms with Crippen LogP contribution in [0.3, 0.4) is 0 Å². The molecule has 0 saturated carbocycles. The number of nitrogens with one attached hydrogen (secondary N) is 1. The standard InChI is InChI=1S/C11H23N3/c1-12-5-4-6-13-9-11(10-13)14-7-2-3-8-14/h11-12H,2-10H2,1H3. The summed E-state index contributed by atoms with van der Waals surface area (Å²) in [7, 11) is 2.03. The molecule has 0 aliphatic carbocycles. The lowest BCUT2D eigenvalue weighted by Gasteiger charge is -2.44. The topological polar surface area (TPSA) is 18.5 Å². The first-order chi connectivity index (χ1) is 6.90. The largest absolute Gasteiger partial charge is 0.320 e. The van der Waals surface area contributed by atoms with Crippen molar-refractivity contribution in [3.8, 4) is 0 Å². The molecule has 0 radical (unpaired) electrons. The van der Waals surface area contributed by atoms with Crippen LogP contribution in [0.5, 0.6) is 0 Å². The molecule has 0 aromatic carbocycles. The second-order valence-corrected chi connectivity index (χ2v) is 4.61. The van der Waals surface area contributed by atoms with Crippen LogP contribution in [-0.2, 0) is 0 Å². The van der Waals surface area contributed by atoms with Gasteiger partial charge in [0.05, 0.1) is 0 Å². The lowest BCUT2D eigenvalue weighted by atomic mass is 10.1. The van der Waals surface area contributed by atoms with E-state index < -0.39 is 0 Å². The minimum Gasteiger partial charge on any atom is -0.320 e. The molecule has 0 aromatic heterocycles. The van der Waals surface area contributed by atoms with Gasteiger partial charge < -0.3 is 10.2 Å². The predicted octanol–water partition coefficient (Wildman–Crippen LogP) is 0.376. The van der Waals surface area contributed by atoms with Gasteiger partial charge in [0.25, 0.3) is 0 Å². The van der Waals surface area contributed by atoms with Gasteiger partial charge in [0.2, 0.25) is 0 Å². The minimum atomic E-state index is 0.895. The summed E-state index contributed by atoms with van der Waals surface area (Å²) in [6.07, 6.45) is 4.15. The Kier molecular flexibility index (Phi) is 3.79. The van der Waals surface area contributed by atoms with Crippen molar-refractivity contribution in [1.29, 1.82) is 0 Å². The second-order valence-electron chi connectivity index (χ2n) is 4.61. The van der Waals surface area contributed by atoms with E-state index in [9.17, 15) is 0 Å². The van der Waals surface area contributed by atoms with Crippen LogP contribution in [-0.4, -0.2) is 62.2 Å². The normalized spacial score (nSPS) is 25.5. The van der Waals surface area contributed by atoms with Gasteiger partial charge >= 0.3 is 0 Å². The van der Waals surface area contributed by atoms with Crippen LogP contribution in [0.15, 0.2) is 0 Å². The Hall–Kier alpha value is -0.120. The maximum Gasteiger partial charge on any atom is 0.0350 e. The van der Waals surface area contributed by atoms with Crippen molar-refractivity contribution in [3.63, 3.8) is 0 Å². The maximum absolute atomic E-state index is 3.20. The second kappa shape index (κ2) is 5.10. The van der Waals surface area contributed by atoms with Crippen LogP contribution in [0.1, 0.15) is 19.3 Å². The summed E-state index contributed by atoms with van der Waals surface area (Å²) >= 11 is 0. The number of hydrogen-bond donors (Lipinski definition) is 1. The number of rotatable bonds is 5. The molecule has 0 bridgehead atoms. The van der Waals surface area contributed by atoms with Gasteiger partial charge in [-0.2, -0.15) is 0 Å². The zero-order chi connectivity index (χ0) is 9.80. The highest BCUT2D eigenvalue weighted by molar-refractivity contribution is 4.89. The van der Waals surface area contributed by atoms with Gasteiger partial charge in [0.1, 0.15) is 0 Å². The van der Waals surface area contributed by atoms with E-state index >= 15 is 0 Å². The predicted molar refractivity (Wildman–Crippen MR) is 59.6 cm³/mol. The van der Waals surface area contributed by atoms with Crippen LogP contribution in [0, 0.1) is 0 Å². The molecule has 0 atom stereocenters. The first kappa shape index (κ1) is 10.4. The van der Waals surface area contributed by atoms with Crippen LogP contribution >= 0.6 is 0 Å². The van der Waals surface area contributed by atoms with Gasteiger partial charge in [-0.1, -0.05) is 0 Å². The third-order valence-electron chi connectivity index (χ3n) is 3.50. The summed E-state index contributed by atoms with van der Waals surface area (Å²) < 4.78 is 0. The molecule has 1 N–H and O–H groups in total. The van der Waals surface area contributed by atoms with E-state index in [2.05, 4.69) is 15.1 Å². The Morgan fingerprint density at radius 2 is 1.93 bits per heavy atom. The lowest BCUT2D eigenvalue weighted by molar-refractivity contribution is 0.0476. The first-order valence-corrected chi connectivity index (χ1v) is 6.01. The molecule has 0 amide bonds. The van der Waals surface area contributed by atoms with E-state index in [1.54, 1.807) is 0 Å². The van der Waals surface area contributed by atoms with Crippen LogP contribution in [0.4, 0.5) is 0 Å². The Morgan fingerprint density at radius 3 is 2.57 bits per heavy atom. The fraction of sp³-hybridized carbons (Fsp3) is 1.00. The van der Waals surface area contributed by atoms with E-state index in [1.165, 1.54) is 52.0 Å². The number of hydrogen-bond acceptors (Lipinski definition) is 3. The van der Waals surface area contributed by atoms with Crippen molar-refractivity contribution >= 4 is 0 Å². The van der Waals surface area contributed by atoms with Crippen molar-refractivity contribution < 1.29 is 0 Å². The third-order valence-corrected chi connectivity index (χ3v) is 3.50. The molecule has 3 nitrogen and oxygen atoms in total. The zero-order valence-corrected chi connectivity index (χ0v) is 9.34. The average molecular weight is 197 g/mol. The molecule has 82 valence electrons. The summed E-state index contributed by atoms with van der Waals surface area (Å²) in [6, 6.07) is 0.895. The summed E-state index contributed by atoms with van der Waals surface area (Å²) in [5, 5.41) is 3.20. The first-order valence-electron chi connectivity index (χ1n) is 6.01. The zero-order valence-electron chi connectivity index (χ0n) is 9.34. The van der Waals surface area contributed by atoms with E-state index in [1.807, 2.05) is 7.05 Å². The van der Waals surface area contributed by atoms with Crippen LogP contribution < -0.4 is 5.32 Å². The Bertz CT molecular complexity index is 160. The average Bonchev–Trinajstić information content (AvgIpc) is 2.61. The molecule has 14 heavy (non-hydrogen) atoms. The summed E-state index contributed by atoms with van der Waals surface area (Å²) in [5.41, 5.74) is 0. The lowest BCUT2D eigenvalue weighted by Crippen LogP contribution is -2.58. The number of likely N-dealkylation sites (tertiary alicyclic amines) is 2. The highest BCUT2D eigenvalue weighted by atomic mass is 15.3. The Morgan fingerprint density at radius 1 is 1.21 bits per heavy atom. The summed E-state index contributed by atoms with van der Waals surface area (Å²) in [4.78, 5) is 5.26. The van der Waals surface area contributed by atoms with Crippen molar-refractivity contribution in [3.05, 3.63) is 0 Å². The molecule has 0 unspecified atom stereocenters. The number of nitrogens with zero attached hydrogens (tertiary/aromatic N) is 2. The van der Waals surface area contributed by atoms with E-state index in [4.69, 9.17) is 0 Å². The maximum atomic E-state index is 3.20. The molecular weight excluding hydrogens is 174 g/mol. The van der Waals surface area contributed by atoms with Crippen molar-refractivity contribution in [2.75, 3.05) is 46.3 Å². The fourth-order valence-corrected chi connectivity index (χ4v) is 2.54.